The van der Waals surface area contributed by atoms with Crippen LogP contribution in [0.2, 0.25) is 5.02 Å². The molecule has 3 unspecified atom stereocenters. The van der Waals surface area contributed by atoms with Gasteiger partial charge in [-0.15, -0.1) is 13.2 Å². The van der Waals surface area contributed by atoms with Crippen molar-refractivity contribution >= 4 is 35.0 Å². The molecule has 2 bridgehead atoms. The normalized spacial score (nSPS) is 28.9. The van der Waals surface area contributed by atoms with Gasteiger partial charge in [0.25, 0.3) is 5.91 Å². The van der Waals surface area contributed by atoms with Crippen LogP contribution in [0.1, 0.15) is 44.7 Å². The summed E-state index contributed by atoms with van der Waals surface area (Å²) in [5, 5.41) is 10.9. The molecule has 3 fully saturated rings. The van der Waals surface area contributed by atoms with Crippen molar-refractivity contribution in [2.24, 2.45) is 17.8 Å². The number of aryl methyl sites for hydroxylation is 1. The number of rotatable bonds is 12. The molecule has 45 heavy (non-hydrogen) atoms. The number of aliphatic hydroxyl groups is 1. The largest absolute Gasteiger partial charge is 0.394 e. The van der Waals surface area contributed by atoms with Gasteiger partial charge in [0.2, 0.25) is 11.8 Å². The summed E-state index contributed by atoms with van der Waals surface area (Å²) in [6.45, 7) is 15.9. The lowest BCUT2D eigenvalue weighted by atomic mass is 9.62. The van der Waals surface area contributed by atoms with Gasteiger partial charge < -0.3 is 24.5 Å². The maximum absolute atomic E-state index is 15.0. The summed E-state index contributed by atoms with van der Waals surface area (Å²) in [5.41, 5.74) is 0.0315. The molecule has 0 radical (unpaired) electrons. The summed E-state index contributed by atoms with van der Waals surface area (Å²) < 4.78 is 6.97. The van der Waals surface area contributed by atoms with Crippen LogP contribution < -0.4 is 4.90 Å². The number of hydrogen-bond donors (Lipinski definition) is 1. The Morgan fingerprint density at radius 3 is 2.42 bits per heavy atom. The molecule has 7 atom stereocenters. The Bertz CT molecular complexity index is 1460. The molecule has 3 heterocycles. The first-order valence-electron chi connectivity index (χ1n) is 15.7. The number of halogens is 1. The Morgan fingerprint density at radius 1 is 1.13 bits per heavy atom. The molecule has 0 aliphatic carbocycles. The summed E-state index contributed by atoms with van der Waals surface area (Å²) >= 11 is 6.68. The number of ether oxygens (including phenoxy) is 1. The highest BCUT2D eigenvalue weighted by atomic mass is 35.5. The Hall–Kier alpha value is -3.46. The number of para-hydroxylation sites is 1. The predicted molar refractivity (Wildman–Crippen MR) is 176 cm³/mol. The molecule has 3 aliphatic heterocycles. The molecule has 1 spiro atoms. The van der Waals surface area contributed by atoms with Gasteiger partial charge in [0.1, 0.15) is 11.6 Å². The molecule has 3 saturated heterocycles. The number of nitrogens with zero attached hydrogens (tertiary/aromatic N) is 3. The second-order valence-corrected chi connectivity index (χ2v) is 13.2. The van der Waals surface area contributed by atoms with Crippen LogP contribution in [0, 0.1) is 24.7 Å². The highest BCUT2D eigenvalue weighted by Gasteiger charge is 2.80. The summed E-state index contributed by atoms with van der Waals surface area (Å²) in [5.74, 6) is -2.77. The standard InChI is InChI=1S/C36H44ClN3O5/c1-7-18-38(21-25-15-11-10-12-16-25)32(42)28-29-33(43)40(26(9-3)22-41)31(36(29)20-24(5)35(28,6)45-36)34(44)39(19-8-2)30-23(4)14-13-17-27(30)37/h7-8,10-17,24,26,28-29,31,41H,1-2,9,18-22H2,3-6H3/t24?,26-,28+,29-,31?,35-,36?/m0/s1. The first-order valence-corrected chi connectivity index (χ1v) is 16.1. The second-order valence-electron chi connectivity index (χ2n) is 12.8. The highest BCUT2D eigenvalue weighted by molar-refractivity contribution is 6.34. The molecule has 240 valence electrons. The predicted octanol–water partition coefficient (Wildman–Crippen LogP) is 5.16. The van der Waals surface area contributed by atoms with Crippen molar-refractivity contribution < 1.29 is 24.2 Å². The zero-order valence-electron chi connectivity index (χ0n) is 26.6. The fourth-order valence-corrected chi connectivity index (χ4v) is 8.38. The SMILES string of the molecule is C=CCN(Cc1ccccc1)C(=O)[C@H]1[C@H]2C(=O)N([C@@H](CC)CO)C(C(=O)N(CC=C)c3c(C)cccc3Cl)C23CC(C)[C@]1(C)O3. The van der Waals surface area contributed by atoms with E-state index in [1.54, 1.807) is 28.0 Å². The molecular formula is C36H44ClN3O5. The van der Waals surface area contributed by atoms with Crippen LogP contribution in [0.3, 0.4) is 0 Å². The van der Waals surface area contributed by atoms with Crippen LogP contribution >= 0.6 is 11.6 Å². The third-order valence-electron chi connectivity index (χ3n) is 10.2. The summed E-state index contributed by atoms with van der Waals surface area (Å²) in [6.07, 6.45) is 4.15. The van der Waals surface area contributed by atoms with Gasteiger partial charge in [-0.2, -0.15) is 0 Å². The average Bonchev–Trinajstić information content (AvgIpc) is 3.53. The van der Waals surface area contributed by atoms with Crippen molar-refractivity contribution in [2.45, 2.75) is 70.4 Å². The van der Waals surface area contributed by atoms with Crippen LogP contribution in [0.5, 0.6) is 0 Å². The van der Waals surface area contributed by atoms with E-state index in [0.29, 0.717) is 36.6 Å². The second kappa shape index (κ2) is 12.7. The van der Waals surface area contributed by atoms with E-state index in [-0.39, 0.29) is 36.8 Å². The van der Waals surface area contributed by atoms with E-state index in [9.17, 15) is 19.5 Å². The number of carbonyl (C=O) groups is 3. The Balaban J connectivity index is 1.64. The lowest BCUT2D eigenvalue weighted by Gasteiger charge is -2.39. The molecule has 1 N–H and O–H groups in total. The molecule has 8 nitrogen and oxygen atoms in total. The van der Waals surface area contributed by atoms with E-state index in [1.165, 1.54) is 4.90 Å². The van der Waals surface area contributed by atoms with Crippen molar-refractivity contribution in [1.29, 1.82) is 0 Å². The maximum Gasteiger partial charge on any atom is 0.253 e. The fourth-order valence-electron chi connectivity index (χ4n) is 8.06. The van der Waals surface area contributed by atoms with Gasteiger partial charge in [-0.25, -0.2) is 0 Å². The average molecular weight is 634 g/mol. The first kappa shape index (κ1) is 32.9. The van der Waals surface area contributed by atoms with E-state index in [4.69, 9.17) is 16.3 Å². The summed E-state index contributed by atoms with van der Waals surface area (Å²) in [6, 6.07) is 13.4. The van der Waals surface area contributed by atoms with Crippen molar-refractivity contribution in [1.82, 2.24) is 9.80 Å². The van der Waals surface area contributed by atoms with Gasteiger partial charge in [0.15, 0.2) is 0 Å². The minimum atomic E-state index is -1.27. The smallest absolute Gasteiger partial charge is 0.253 e. The molecular weight excluding hydrogens is 590 g/mol. The van der Waals surface area contributed by atoms with Gasteiger partial charge in [-0.1, -0.05) is 80.1 Å². The number of benzene rings is 2. The molecule has 9 heteroatoms. The van der Waals surface area contributed by atoms with Gasteiger partial charge in [0.05, 0.1) is 40.8 Å². The molecule has 3 amide bonds. The number of hydrogen-bond acceptors (Lipinski definition) is 5. The number of fused-ring (bicyclic) bond motifs is 1. The monoisotopic (exact) mass is 633 g/mol. The Labute approximate surface area is 271 Å². The minimum absolute atomic E-state index is 0.128. The molecule has 2 aromatic rings. The number of amides is 3. The lowest BCUT2D eigenvalue weighted by Crippen LogP contribution is -2.59. The van der Waals surface area contributed by atoms with Crippen LogP contribution in [0.15, 0.2) is 73.8 Å². The molecule has 0 aromatic heterocycles. The van der Waals surface area contributed by atoms with Crippen molar-refractivity contribution in [3.05, 3.63) is 90.0 Å². The van der Waals surface area contributed by atoms with E-state index in [1.807, 2.05) is 70.2 Å². The Kier molecular flexibility index (Phi) is 9.32. The topological polar surface area (TPSA) is 90.4 Å². The van der Waals surface area contributed by atoms with Gasteiger partial charge >= 0.3 is 0 Å². The fraction of sp³-hybridized carbons (Fsp3) is 0.472. The summed E-state index contributed by atoms with van der Waals surface area (Å²) in [4.78, 5) is 49.2. The van der Waals surface area contributed by atoms with E-state index < -0.39 is 35.1 Å². The van der Waals surface area contributed by atoms with Gasteiger partial charge in [-0.05, 0) is 49.8 Å². The van der Waals surface area contributed by atoms with Gasteiger partial charge in [0, 0.05) is 19.6 Å². The summed E-state index contributed by atoms with van der Waals surface area (Å²) in [7, 11) is 0. The van der Waals surface area contributed by atoms with Crippen molar-refractivity contribution in [3.63, 3.8) is 0 Å². The van der Waals surface area contributed by atoms with Crippen LogP contribution in [0.4, 0.5) is 5.69 Å². The van der Waals surface area contributed by atoms with Crippen molar-refractivity contribution in [3.8, 4) is 0 Å². The third-order valence-corrected chi connectivity index (χ3v) is 10.5. The van der Waals surface area contributed by atoms with E-state index in [2.05, 4.69) is 13.2 Å². The van der Waals surface area contributed by atoms with Crippen LogP contribution in [-0.4, -0.2) is 75.6 Å². The maximum atomic E-state index is 15.0. The number of carbonyl (C=O) groups excluding carboxylic acids is 3. The molecule has 3 aliphatic rings. The van der Waals surface area contributed by atoms with Crippen LogP contribution in [0.25, 0.3) is 0 Å². The number of aliphatic hydroxyl groups excluding tert-OH is 1. The molecule has 2 aromatic carbocycles. The molecule has 0 saturated carbocycles. The first-order chi connectivity index (χ1) is 21.5. The number of likely N-dealkylation sites (tertiary alicyclic amines) is 1. The van der Waals surface area contributed by atoms with Crippen molar-refractivity contribution in [2.75, 3.05) is 24.6 Å². The number of anilines is 1. The third kappa shape index (κ3) is 5.21. The minimum Gasteiger partial charge on any atom is -0.394 e. The van der Waals surface area contributed by atoms with Crippen LogP contribution in [-0.2, 0) is 25.7 Å². The zero-order chi connectivity index (χ0) is 32.7. The zero-order valence-corrected chi connectivity index (χ0v) is 27.4. The van der Waals surface area contributed by atoms with E-state index >= 15 is 0 Å². The Morgan fingerprint density at radius 2 is 1.82 bits per heavy atom. The quantitative estimate of drug-likeness (QED) is 0.326. The highest BCUT2D eigenvalue weighted by Crippen LogP contribution is 2.66. The van der Waals surface area contributed by atoms with E-state index in [0.717, 1.165) is 11.1 Å². The lowest BCUT2D eigenvalue weighted by molar-refractivity contribution is -0.154. The van der Waals surface area contributed by atoms with Gasteiger partial charge in [-0.3, -0.25) is 14.4 Å². The molecule has 5 rings (SSSR count).